The molecule has 2 aromatic heterocycles. The Balaban J connectivity index is 2.02. The van der Waals surface area contributed by atoms with Crippen LogP contribution in [0.15, 0.2) is 35.2 Å². The number of amides is 1. The van der Waals surface area contributed by atoms with Gasteiger partial charge in [0.25, 0.3) is 5.91 Å². The van der Waals surface area contributed by atoms with Crippen molar-refractivity contribution in [2.24, 2.45) is 0 Å². The van der Waals surface area contributed by atoms with E-state index < -0.39 is 0 Å². The van der Waals surface area contributed by atoms with Crippen LogP contribution in [0.2, 0.25) is 0 Å². The molecule has 2 rings (SSSR count). The highest BCUT2D eigenvalue weighted by Gasteiger charge is 2.07. The van der Waals surface area contributed by atoms with Gasteiger partial charge in [-0.15, -0.1) is 0 Å². The lowest BCUT2D eigenvalue weighted by atomic mass is 10.2. The predicted octanol–water partition coefficient (Wildman–Crippen LogP) is 1.63. The SMILES string of the molecule is CN(C)c1nccc(CNC(=O)c2cncc(Br)c2)n1. The Hall–Kier alpha value is -2.02. The average Bonchev–Trinajstić information content (AvgIpc) is 2.45. The Morgan fingerprint density at radius 3 is 2.90 bits per heavy atom. The van der Waals surface area contributed by atoms with Crippen molar-refractivity contribution >= 4 is 27.8 Å². The minimum atomic E-state index is -0.191. The van der Waals surface area contributed by atoms with E-state index in [4.69, 9.17) is 0 Å². The number of pyridine rings is 1. The second-order valence-electron chi connectivity index (χ2n) is 4.32. The quantitative estimate of drug-likeness (QED) is 0.919. The van der Waals surface area contributed by atoms with Crippen LogP contribution in [0.5, 0.6) is 0 Å². The van der Waals surface area contributed by atoms with Crippen LogP contribution < -0.4 is 10.2 Å². The highest BCUT2D eigenvalue weighted by Crippen LogP contribution is 2.09. The summed E-state index contributed by atoms with van der Waals surface area (Å²) in [6.45, 7) is 0.342. The zero-order valence-electron chi connectivity index (χ0n) is 11.2. The molecule has 2 heterocycles. The number of rotatable bonds is 4. The number of nitrogens with zero attached hydrogens (tertiary/aromatic N) is 4. The first kappa shape index (κ1) is 14.4. The van der Waals surface area contributed by atoms with Crippen molar-refractivity contribution in [2.75, 3.05) is 19.0 Å². The normalized spacial score (nSPS) is 10.2. The first-order chi connectivity index (χ1) is 9.56. The van der Waals surface area contributed by atoms with E-state index in [9.17, 15) is 4.79 Å². The Morgan fingerprint density at radius 2 is 2.20 bits per heavy atom. The molecule has 1 amide bonds. The topological polar surface area (TPSA) is 71.0 Å². The van der Waals surface area contributed by atoms with Crippen molar-refractivity contribution in [2.45, 2.75) is 6.54 Å². The zero-order valence-corrected chi connectivity index (χ0v) is 12.8. The summed E-state index contributed by atoms with van der Waals surface area (Å²) in [4.78, 5) is 26.2. The fourth-order valence-electron chi connectivity index (χ4n) is 1.51. The smallest absolute Gasteiger partial charge is 0.253 e. The summed E-state index contributed by atoms with van der Waals surface area (Å²) in [5, 5.41) is 2.80. The summed E-state index contributed by atoms with van der Waals surface area (Å²) in [6, 6.07) is 3.49. The Morgan fingerprint density at radius 1 is 1.40 bits per heavy atom. The molecule has 6 nitrogen and oxygen atoms in total. The molecule has 0 bridgehead atoms. The number of carbonyl (C=O) groups excluding carboxylic acids is 1. The first-order valence-corrected chi connectivity index (χ1v) is 6.73. The molecule has 0 aromatic carbocycles. The van der Waals surface area contributed by atoms with Gasteiger partial charge < -0.3 is 10.2 Å². The average molecular weight is 336 g/mol. The Labute approximate surface area is 125 Å². The molecular weight excluding hydrogens is 322 g/mol. The maximum absolute atomic E-state index is 12.0. The van der Waals surface area contributed by atoms with Crippen molar-refractivity contribution in [1.29, 1.82) is 0 Å². The fraction of sp³-hybridized carbons (Fsp3) is 0.231. The number of hydrogen-bond acceptors (Lipinski definition) is 5. The molecule has 0 saturated carbocycles. The number of carbonyl (C=O) groups is 1. The Kier molecular flexibility index (Phi) is 4.62. The van der Waals surface area contributed by atoms with Gasteiger partial charge >= 0.3 is 0 Å². The minimum absolute atomic E-state index is 0.191. The number of hydrogen-bond donors (Lipinski definition) is 1. The van der Waals surface area contributed by atoms with Gasteiger partial charge in [0, 0.05) is 37.2 Å². The van der Waals surface area contributed by atoms with Gasteiger partial charge in [-0.2, -0.15) is 0 Å². The molecule has 2 aromatic rings. The lowest BCUT2D eigenvalue weighted by Gasteiger charge is -2.11. The second kappa shape index (κ2) is 6.42. The molecule has 0 aliphatic heterocycles. The van der Waals surface area contributed by atoms with E-state index in [0.29, 0.717) is 18.1 Å². The van der Waals surface area contributed by atoms with E-state index in [1.165, 1.54) is 6.20 Å². The maximum Gasteiger partial charge on any atom is 0.253 e. The van der Waals surface area contributed by atoms with E-state index in [-0.39, 0.29) is 5.91 Å². The highest BCUT2D eigenvalue weighted by molar-refractivity contribution is 9.10. The molecule has 7 heteroatoms. The van der Waals surface area contributed by atoms with Crippen molar-refractivity contribution in [1.82, 2.24) is 20.3 Å². The van der Waals surface area contributed by atoms with Gasteiger partial charge in [0.1, 0.15) is 0 Å². The maximum atomic E-state index is 12.0. The van der Waals surface area contributed by atoms with Gasteiger partial charge in [0.2, 0.25) is 5.95 Å². The van der Waals surface area contributed by atoms with Crippen LogP contribution in [-0.4, -0.2) is 35.0 Å². The summed E-state index contributed by atoms with van der Waals surface area (Å²) in [5.74, 6) is 0.421. The molecule has 1 N–H and O–H groups in total. The van der Waals surface area contributed by atoms with Crippen LogP contribution in [0.1, 0.15) is 16.1 Å². The number of aromatic nitrogens is 3. The predicted molar refractivity (Wildman–Crippen MR) is 79.5 cm³/mol. The molecule has 0 unspecified atom stereocenters. The minimum Gasteiger partial charge on any atom is -0.347 e. The standard InChI is InChI=1S/C13H14BrN5O/c1-19(2)13-16-4-3-11(18-13)8-17-12(20)9-5-10(14)7-15-6-9/h3-7H,8H2,1-2H3,(H,17,20). The number of halogens is 1. The molecule has 20 heavy (non-hydrogen) atoms. The zero-order chi connectivity index (χ0) is 14.5. The monoisotopic (exact) mass is 335 g/mol. The van der Waals surface area contributed by atoms with Crippen LogP contribution in [0.4, 0.5) is 5.95 Å². The molecule has 0 fully saturated rings. The lowest BCUT2D eigenvalue weighted by molar-refractivity contribution is 0.0950. The van der Waals surface area contributed by atoms with E-state index in [2.05, 4.69) is 36.2 Å². The summed E-state index contributed by atoms with van der Waals surface area (Å²) in [5.41, 5.74) is 1.25. The van der Waals surface area contributed by atoms with Gasteiger partial charge in [-0.1, -0.05) is 0 Å². The van der Waals surface area contributed by atoms with Crippen molar-refractivity contribution in [3.63, 3.8) is 0 Å². The van der Waals surface area contributed by atoms with Crippen LogP contribution in [0.3, 0.4) is 0 Å². The molecule has 104 valence electrons. The summed E-state index contributed by atoms with van der Waals surface area (Å²) in [7, 11) is 3.73. The van der Waals surface area contributed by atoms with E-state index >= 15 is 0 Å². The van der Waals surface area contributed by atoms with Gasteiger partial charge in [-0.05, 0) is 28.1 Å². The molecular formula is C13H14BrN5O. The fourth-order valence-corrected chi connectivity index (χ4v) is 1.87. The molecule has 0 atom stereocenters. The molecule has 0 spiro atoms. The first-order valence-electron chi connectivity index (χ1n) is 5.94. The highest BCUT2D eigenvalue weighted by atomic mass is 79.9. The van der Waals surface area contributed by atoms with Crippen LogP contribution in [0.25, 0.3) is 0 Å². The van der Waals surface area contributed by atoms with Gasteiger partial charge in [0.15, 0.2) is 0 Å². The second-order valence-corrected chi connectivity index (χ2v) is 5.23. The van der Waals surface area contributed by atoms with Gasteiger partial charge in [-0.3, -0.25) is 9.78 Å². The third kappa shape index (κ3) is 3.74. The third-order valence-corrected chi connectivity index (χ3v) is 2.93. The van der Waals surface area contributed by atoms with E-state index in [1.807, 2.05) is 19.0 Å². The van der Waals surface area contributed by atoms with Crippen LogP contribution >= 0.6 is 15.9 Å². The number of nitrogens with one attached hydrogen (secondary N) is 1. The summed E-state index contributed by atoms with van der Waals surface area (Å²) >= 11 is 3.28. The van der Waals surface area contributed by atoms with E-state index in [0.717, 1.165) is 10.2 Å². The van der Waals surface area contributed by atoms with Crippen molar-refractivity contribution in [3.05, 3.63) is 46.5 Å². The summed E-state index contributed by atoms with van der Waals surface area (Å²) in [6.07, 6.45) is 4.82. The lowest BCUT2D eigenvalue weighted by Crippen LogP contribution is -2.24. The molecule has 0 radical (unpaired) electrons. The van der Waals surface area contributed by atoms with Crippen molar-refractivity contribution < 1.29 is 4.79 Å². The number of anilines is 1. The van der Waals surface area contributed by atoms with Crippen LogP contribution in [-0.2, 0) is 6.54 Å². The molecule has 0 aliphatic carbocycles. The van der Waals surface area contributed by atoms with Gasteiger partial charge in [0.05, 0.1) is 17.8 Å². The Bertz CT molecular complexity index is 617. The third-order valence-electron chi connectivity index (χ3n) is 2.50. The van der Waals surface area contributed by atoms with Gasteiger partial charge in [-0.25, -0.2) is 9.97 Å². The summed E-state index contributed by atoms with van der Waals surface area (Å²) < 4.78 is 0.766. The van der Waals surface area contributed by atoms with Crippen molar-refractivity contribution in [3.8, 4) is 0 Å². The van der Waals surface area contributed by atoms with E-state index in [1.54, 1.807) is 24.5 Å². The largest absolute Gasteiger partial charge is 0.347 e. The molecule has 0 saturated heterocycles. The van der Waals surface area contributed by atoms with Crippen LogP contribution in [0, 0.1) is 0 Å². The molecule has 0 aliphatic rings.